The standard InChI is InChI=1S/C20H21ClN2O2/c1-13-7-8-17(9-14(13)2)22-20(25)16-10-19(24)23(12-16)11-15-5-3-4-6-18(15)21/h3-9,16H,10-12H2,1-2H3,(H,22,25). The zero-order valence-corrected chi connectivity index (χ0v) is 15.1. The van der Waals surface area contributed by atoms with E-state index in [0.29, 0.717) is 18.1 Å². The number of hydrogen-bond donors (Lipinski definition) is 1. The van der Waals surface area contributed by atoms with Crippen molar-refractivity contribution in [3.05, 3.63) is 64.2 Å². The van der Waals surface area contributed by atoms with Gasteiger partial charge in [0.2, 0.25) is 11.8 Å². The summed E-state index contributed by atoms with van der Waals surface area (Å²) in [6, 6.07) is 13.3. The highest BCUT2D eigenvalue weighted by molar-refractivity contribution is 6.31. The van der Waals surface area contributed by atoms with Gasteiger partial charge in [0.05, 0.1) is 5.92 Å². The summed E-state index contributed by atoms with van der Waals surface area (Å²) in [7, 11) is 0. The molecule has 1 heterocycles. The van der Waals surface area contributed by atoms with E-state index in [1.807, 2.05) is 50.2 Å². The van der Waals surface area contributed by atoms with Crippen molar-refractivity contribution >= 4 is 29.1 Å². The van der Waals surface area contributed by atoms with Crippen LogP contribution in [0.4, 0.5) is 5.69 Å². The van der Waals surface area contributed by atoms with Crippen molar-refractivity contribution in [3.63, 3.8) is 0 Å². The fourth-order valence-electron chi connectivity index (χ4n) is 3.00. The highest BCUT2D eigenvalue weighted by atomic mass is 35.5. The molecule has 1 fully saturated rings. The fourth-order valence-corrected chi connectivity index (χ4v) is 3.19. The minimum atomic E-state index is -0.336. The van der Waals surface area contributed by atoms with Crippen LogP contribution in [-0.4, -0.2) is 23.3 Å². The molecule has 1 aliphatic rings. The van der Waals surface area contributed by atoms with Gasteiger partial charge in [0, 0.05) is 30.2 Å². The zero-order valence-electron chi connectivity index (χ0n) is 14.4. The minimum Gasteiger partial charge on any atom is -0.337 e. The van der Waals surface area contributed by atoms with Crippen LogP contribution >= 0.6 is 11.6 Å². The molecule has 2 aromatic carbocycles. The second-order valence-corrected chi connectivity index (χ2v) is 6.96. The molecule has 130 valence electrons. The first kappa shape index (κ1) is 17.5. The van der Waals surface area contributed by atoms with Crippen molar-refractivity contribution in [2.75, 3.05) is 11.9 Å². The molecule has 1 atom stereocenters. The van der Waals surface area contributed by atoms with Gasteiger partial charge in [-0.15, -0.1) is 0 Å². The molecule has 1 aliphatic heterocycles. The molecule has 0 spiro atoms. The Labute approximate surface area is 152 Å². The summed E-state index contributed by atoms with van der Waals surface area (Å²) < 4.78 is 0. The number of likely N-dealkylation sites (tertiary alicyclic amines) is 1. The molecule has 0 saturated carbocycles. The van der Waals surface area contributed by atoms with Crippen molar-refractivity contribution in [1.82, 2.24) is 4.90 Å². The van der Waals surface area contributed by atoms with Gasteiger partial charge < -0.3 is 10.2 Å². The molecule has 1 saturated heterocycles. The van der Waals surface area contributed by atoms with Crippen molar-refractivity contribution in [2.45, 2.75) is 26.8 Å². The Morgan fingerprint density at radius 3 is 2.68 bits per heavy atom. The largest absolute Gasteiger partial charge is 0.337 e. The Balaban J connectivity index is 1.64. The summed E-state index contributed by atoms with van der Waals surface area (Å²) in [6.45, 7) is 4.89. The van der Waals surface area contributed by atoms with Crippen LogP contribution < -0.4 is 5.32 Å². The number of carbonyl (C=O) groups is 2. The van der Waals surface area contributed by atoms with Gasteiger partial charge in [-0.1, -0.05) is 35.9 Å². The molecular weight excluding hydrogens is 336 g/mol. The van der Waals surface area contributed by atoms with Gasteiger partial charge in [-0.2, -0.15) is 0 Å². The molecule has 0 aliphatic carbocycles. The third-order valence-electron chi connectivity index (χ3n) is 4.68. The van der Waals surface area contributed by atoms with Crippen molar-refractivity contribution in [3.8, 4) is 0 Å². The maximum absolute atomic E-state index is 12.5. The number of rotatable bonds is 4. The molecule has 25 heavy (non-hydrogen) atoms. The van der Waals surface area contributed by atoms with Crippen LogP contribution in [0.2, 0.25) is 5.02 Å². The molecule has 0 aromatic heterocycles. The van der Waals surface area contributed by atoms with Crippen LogP contribution in [0, 0.1) is 19.8 Å². The number of benzene rings is 2. The Kier molecular flexibility index (Phi) is 5.09. The number of nitrogens with one attached hydrogen (secondary N) is 1. The third kappa shape index (κ3) is 4.02. The quantitative estimate of drug-likeness (QED) is 0.901. The van der Waals surface area contributed by atoms with Gasteiger partial charge in [-0.3, -0.25) is 9.59 Å². The first-order valence-electron chi connectivity index (χ1n) is 8.33. The van der Waals surface area contributed by atoms with Crippen LogP contribution in [0.25, 0.3) is 0 Å². The minimum absolute atomic E-state index is 0.0137. The van der Waals surface area contributed by atoms with Crippen LogP contribution in [-0.2, 0) is 16.1 Å². The van der Waals surface area contributed by atoms with E-state index in [-0.39, 0.29) is 24.2 Å². The second-order valence-electron chi connectivity index (χ2n) is 6.56. The Morgan fingerprint density at radius 1 is 1.20 bits per heavy atom. The first-order valence-corrected chi connectivity index (χ1v) is 8.71. The third-order valence-corrected chi connectivity index (χ3v) is 5.05. The first-order chi connectivity index (χ1) is 11.9. The number of carbonyl (C=O) groups excluding carboxylic acids is 2. The molecule has 0 radical (unpaired) electrons. The van der Waals surface area contributed by atoms with Crippen LogP contribution in [0.1, 0.15) is 23.1 Å². The van der Waals surface area contributed by atoms with E-state index in [1.165, 1.54) is 5.56 Å². The SMILES string of the molecule is Cc1ccc(NC(=O)C2CC(=O)N(Cc3ccccc3Cl)C2)cc1C. The van der Waals surface area contributed by atoms with E-state index in [9.17, 15) is 9.59 Å². The molecular formula is C20H21ClN2O2. The monoisotopic (exact) mass is 356 g/mol. The van der Waals surface area contributed by atoms with Crippen molar-refractivity contribution < 1.29 is 9.59 Å². The summed E-state index contributed by atoms with van der Waals surface area (Å²) in [5.74, 6) is -0.463. The lowest BCUT2D eigenvalue weighted by atomic mass is 10.1. The topological polar surface area (TPSA) is 49.4 Å². The van der Waals surface area contributed by atoms with E-state index >= 15 is 0 Å². The lowest BCUT2D eigenvalue weighted by Gasteiger charge is -2.17. The maximum atomic E-state index is 12.5. The molecule has 5 heteroatoms. The van der Waals surface area contributed by atoms with Gasteiger partial charge in [0.1, 0.15) is 0 Å². The van der Waals surface area contributed by atoms with Gasteiger partial charge in [0.25, 0.3) is 0 Å². The molecule has 0 bridgehead atoms. The lowest BCUT2D eigenvalue weighted by Crippen LogP contribution is -2.28. The van der Waals surface area contributed by atoms with Crippen molar-refractivity contribution in [1.29, 1.82) is 0 Å². The van der Waals surface area contributed by atoms with Crippen LogP contribution in [0.15, 0.2) is 42.5 Å². The van der Waals surface area contributed by atoms with Gasteiger partial charge in [-0.25, -0.2) is 0 Å². The number of nitrogens with zero attached hydrogens (tertiary/aromatic N) is 1. The molecule has 1 unspecified atom stereocenters. The molecule has 1 N–H and O–H groups in total. The molecule has 3 rings (SSSR count). The lowest BCUT2D eigenvalue weighted by molar-refractivity contribution is -0.128. The normalized spacial score (nSPS) is 17.0. The summed E-state index contributed by atoms with van der Waals surface area (Å²) in [6.07, 6.45) is 0.237. The predicted octanol–water partition coefficient (Wildman–Crippen LogP) is 3.94. The Bertz CT molecular complexity index is 819. The summed E-state index contributed by atoms with van der Waals surface area (Å²) in [4.78, 5) is 26.5. The second kappa shape index (κ2) is 7.28. The Hall–Kier alpha value is -2.33. The van der Waals surface area contributed by atoms with Crippen LogP contribution in [0.3, 0.4) is 0 Å². The number of aryl methyl sites for hydroxylation is 2. The summed E-state index contributed by atoms with van der Waals surface area (Å²) >= 11 is 6.17. The smallest absolute Gasteiger partial charge is 0.229 e. The fraction of sp³-hybridized carbons (Fsp3) is 0.300. The zero-order chi connectivity index (χ0) is 18.0. The molecule has 2 aromatic rings. The van der Waals surface area contributed by atoms with Crippen molar-refractivity contribution in [2.24, 2.45) is 5.92 Å². The van der Waals surface area contributed by atoms with E-state index in [4.69, 9.17) is 11.6 Å². The summed E-state index contributed by atoms with van der Waals surface area (Å²) in [5, 5.41) is 3.56. The number of amides is 2. The Morgan fingerprint density at radius 2 is 1.96 bits per heavy atom. The molecule has 4 nitrogen and oxygen atoms in total. The van der Waals surface area contributed by atoms with Gasteiger partial charge in [0.15, 0.2) is 0 Å². The van der Waals surface area contributed by atoms with Crippen LogP contribution in [0.5, 0.6) is 0 Å². The average molecular weight is 357 g/mol. The number of halogens is 1. The van der Waals surface area contributed by atoms with E-state index < -0.39 is 0 Å². The maximum Gasteiger partial charge on any atom is 0.229 e. The average Bonchev–Trinajstić information content (AvgIpc) is 2.94. The predicted molar refractivity (Wildman–Crippen MR) is 99.5 cm³/mol. The van der Waals surface area contributed by atoms with E-state index in [0.717, 1.165) is 16.8 Å². The van der Waals surface area contributed by atoms with E-state index in [1.54, 1.807) is 11.0 Å². The molecule has 2 amide bonds. The highest BCUT2D eigenvalue weighted by Crippen LogP contribution is 2.25. The van der Waals surface area contributed by atoms with E-state index in [2.05, 4.69) is 5.32 Å². The van der Waals surface area contributed by atoms with Gasteiger partial charge in [-0.05, 0) is 48.7 Å². The highest BCUT2D eigenvalue weighted by Gasteiger charge is 2.34. The van der Waals surface area contributed by atoms with Gasteiger partial charge >= 0.3 is 0 Å². The number of anilines is 1. The number of hydrogen-bond acceptors (Lipinski definition) is 2. The summed E-state index contributed by atoms with van der Waals surface area (Å²) in [5.41, 5.74) is 3.97.